The van der Waals surface area contributed by atoms with Crippen molar-refractivity contribution in [3.05, 3.63) is 54.4 Å². The molecule has 1 saturated carbocycles. The number of aromatic nitrogens is 1. The maximum Gasteiger partial charge on any atom is 0.142 e. The second kappa shape index (κ2) is 10.8. The fourth-order valence-corrected chi connectivity index (χ4v) is 5.27. The Bertz CT molecular complexity index is 752. The Morgan fingerprint density at radius 1 is 0.967 bits per heavy atom. The maximum atomic E-state index is 5.56. The first-order chi connectivity index (χ1) is 14.8. The minimum atomic E-state index is 0.599. The molecule has 2 heterocycles. The van der Waals surface area contributed by atoms with Gasteiger partial charge in [-0.1, -0.05) is 50.3 Å². The Kier molecular flexibility index (Phi) is 7.63. The first-order valence-electron chi connectivity index (χ1n) is 11.8. The van der Waals surface area contributed by atoms with Crippen LogP contribution in [0.5, 0.6) is 5.75 Å². The number of methoxy groups -OCH3 is 1. The molecule has 30 heavy (non-hydrogen) atoms. The van der Waals surface area contributed by atoms with Crippen LogP contribution in [0.3, 0.4) is 0 Å². The van der Waals surface area contributed by atoms with Gasteiger partial charge in [0.1, 0.15) is 5.75 Å². The Morgan fingerprint density at radius 3 is 2.47 bits per heavy atom. The van der Waals surface area contributed by atoms with Crippen LogP contribution in [0, 0.1) is 5.92 Å². The normalized spacial score (nSPS) is 19.6. The van der Waals surface area contributed by atoms with Crippen molar-refractivity contribution in [2.75, 3.05) is 44.7 Å². The van der Waals surface area contributed by atoms with E-state index in [9.17, 15) is 0 Å². The quantitative estimate of drug-likeness (QED) is 0.589. The van der Waals surface area contributed by atoms with Gasteiger partial charge in [0.05, 0.1) is 12.8 Å². The van der Waals surface area contributed by atoms with Crippen LogP contribution in [-0.2, 0) is 0 Å². The summed E-state index contributed by atoms with van der Waals surface area (Å²) < 4.78 is 5.56. The smallest absolute Gasteiger partial charge is 0.142 e. The van der Waals surface area contributed by atoms with Gasteiger partial charge in [-0.2, -0.15) is 0 Å². The number of hydrogen-bond acceptors (Lipinski definition) is 4. The lowest BCUT2D eigenvalue weighted by molar-refractivity contribution is 0.235. The van der Waals surface area contributed by atoms with Crippen molar-refractivity contribution < 1.29 is 4.74 Å². The van der Waals surface area contributed by atoms with E-state index in [1.807, 2.05) is 18.3 Å². The molecule has 0 spiro atoms. The molecule has 1 atom stereocenters. The van der Waals surface area contributed by atoms with Crippen LogP contribution in [0.15, 0.2) is 48.7 Å². The Hall–Kier alpha value is -2.07. The van der Waals surface area contributed by atoms with E-state index in [2.05, 4.69) is 40.1 Å². The fourth-order valence-electron chi connectivity index (χ4n) is 5.27. The highest BCUT2D eigenvalue weighted by molar-refractivity contribution is 5.58. The number of anilines is 1. The first-order valence-corrected chi connectivity index (χ1v) is 11.8. The lowest BCUT2D eigenvalue weighted by atomic mass is 9.80. The third-order valence-corrected chi connectivity index (χ3v) is 7.04. The van der Waals surface area contributed by atoms with Crippen molar-refractivity contribution in [3.63, 3.8) is 0 Å². The Balaban J connectivity index is 1.31. The highest BCUT2D eigenvalue weighted by Crippen LogP contribution is 2.34. The van der Waals surface area contributed by atoms with Crippen molar-refractivity contribution >= 4 is 5.69 Å². The lowest BCUT2D eigenvalue weighted by Gasteiger charge is -2.37. The predicted molar refractivity (Wildman–Crippen MR) is 124 cm³/mol. The minimum Gasteiger partial charge on any atom is -0.495 e. The van der Waals surface area contributed by atoms with Crippen LogP contribution in [-0.4, -0.2) is 49.7 Å². The molecule has 2 aliphatic rings. The van der Waals surface area contributed by atoms with Gasteiger partial charge in [-0.05, 0) is 49.6 Å². The van der Waals surface area contributed by atoms with Gasteiger partial charge in [0.2, 0.25) is 0 Å². The van der Waals surface area contributed by atoms with E-state index in [4.69, 9.17) is 9.72 Å². The molecule has 1 aliphatic heterocycles. The molecule has 1 aromatic carbocycles. The third kappa shape index (κ3) is 5.54. The highest BCUT2D eigenvalue weighted by Gasteiger charge is 2.24. The molecule has 1 aromatic heterocycles. The van der Waals surface area contributed by atoms with Gasteiger partial charge in [0.25, 0.3) is 0 Å². The SMILES string of the molecule is COc1ccccc1N1CCN(CCC(CC2CCCCC2)c2ccccn2)CC1. The molecule has 1 saturated heterocycles. The molecular weight excluding hydrogens is 370 g/mol. The van der Waals surface area contributed by atoms with Crippen LogP contribution in [0.4, 0.5) is 5.69 Å². The van der Waals surface area contributed by atoms with Crippen LogP contribution in [0.2, 0.25) is 0 Å². The number of ether oxygens (including phenoxy) is 1. The van der Waals surface area contributed by atoms with Crippen molar-refractivity contribution in [2.24, 2.45) is 5.92 Å². The number of hydrogen-bond donors (Lipinski definition) is 0. The molecule has 4 rings (SSSR count). The number of pyridine rings is 1. The molecule has 0 N–H and O–H groups in total. The van der Waals surface area contributed by atoms with E-state index in [1.54, 1.807) is 7.11 Å². The van der Waals surface area contributed by atoms with E-state index in [1.165, 1.54) is 62.9 Å². The van der Waals surface area contributed by atoms with E-state index in [-0.39, 0.29) is 0 Å². The molecule has 1 aliphatic carbocycles. The summed E-state index contributed by atoms with van der Waals surface area (Å²) in [7, 11) is 1.76. The molecule has 162 valence electrons. The van der Waals surface area contributed by atoms with Gasteiger partial charge in [0.15, 0.2) is 0 Å². The third-order valence-electron chi connectivity index (χ3n) is 7.04. The van der Waals surface area contributed by atoms with Gasteiger partial charge >= 0.3 is 0 Å². The molecule has 2 fully saturated rings. The summed E-state index contributed by atoms with van der Waals surface area (Å²) in [6.07, 6.45) is 11.6. The fraction of sp³-hybridized carbons (Fsp3) is 0.577. The van der Waals surface area contributed by atoms with Crippen LogP contribution < -0.4 is 9.64 Å². The Labute approximate surface area is 182 Å². The van der Waals surface area contributed by atoms with E-state index < -0.39 is 0 Å². The van der Waals surface area contributed by atoms with Crippen LogP contribution in [0.1, 0.15) is 56.6 Å². The summed E-state index contributed by atoms with van der Waals surface area (Å²) in [4.78, 5) is 9.85. The Morgan fingerprint density at radius 2 is 1.73 bits per heavy atom. The van der Waals surface area contributed by atoms with E-state index in [0.29, 0.717) is 5.92 Å². The largest absolute Gasteiger partial charge is 0.495 e. The van der Waals surface area contributed by atoms with Gasteiger partial charge in [0, 0.05) is 44.0 Å². The number of para-hydroxylation sites is 2. The standard InChI is InChI=1S/C26H37N3O/c1-30-26-13-6-5-12-25(26)29-19-17-28(18-20-29)16-14-23(24-11-7-8-15-27-24)21-22-9-3-2-4-10-22/h5-8,11-13,15,22-23H,2-4,9-10,14,16-21H2,1H3. The molecule has 0 radical (unpaired) electrons. The first kappa shape index (κ1) is 21.2. The summed E-state index contributed by atoms with van der Waals surface area (Å²) in [5.74, 6) is 2.48. The average molecular weight is 408 g/mol. The summed E-state index contributed by atoms with van der Waals surface area (Å²) in [6.45, 7) is 5.55. The van der Waals surface area contributed by atoms with Crippen molar-refractivity contribution in [3.8, 4) is 5.75 Å². The number of benzene rings is 1. The lowest BCUT2D eigenvalue weighted by Crippen LogP contribution is -2.47. The zero-order chi connectivity index (χ0) is 20.6. The molecule has 2 aromatic rings. The van der Waals surface area contributed by atoms with Crippen molar-refractivity contribution in [1.82, 2.24) is 9.88 Å². The van der Waals surface area contributed by atoms with Gasteiger partial charge in [-0.15, -0.1) is 0 Å². The molecule has 4 heteroatoms. The zero-order valence-corrected chi connectivity index (χ0v) is 18.5. The van der Waals surface area contributed by atoms with Gasteiger partial charge < -0.3 is 9.64 Å². The molecular formula is C26H37N3O. The summed E-state index contributed by atoms with van der Waals surface area (Å²) >= 11 is 0. The van der Waals surface area contributed by atoms with Gasteiger partial charge in [-0.3, -0.25) is 9.88 Å². The average Bonchev–Trinajstić information content (AvgIpc) is 2.83. The second-order valence-electron chi connectivity index (χ2n) is 8.98. The monoisotopic (exact) mass is 407 g/mol. The van der Waals surface area contributed by atoms with Crippen LogP contribution >= 0.6 is 0 Å². The predicted octanol–water partition coefficient (Wildman–Crippen LogP) is 5.36. The molecule has 4 nitrogen and oxygen atoms in total. The highest BCUT2D eigenvalue weighted by atomic mass is 16.5. The number of piperazine rings is 1. The van der Waals surface area contributed by atoms with E-state index in [0.717, 1.165) is 37.8 Å². The van der Waals surface area contributed by atoms with Gasteiger partial charge in [-0.25, -0.2) is 0 Å². The summed E-state index contributed by atoms with van der Waals surface area (Å²) in [5.41, 5.74) is 2.53. The van der Waals surface area contributed by atoms with Crippen molar-refractivity contribution in [2.45, 2.75) is 50.9 Å². The molecule has 0 amide bonds. The summed E-state index contributed by atoms with van der Waals surface area (Å²) in [5, 5.41) is 0. The van der Waals surface area contributed by atoms with Crippen LogP contribution in [0.25, 0.3) is 0 Å². The minimum absolute atomic E-state index is 0.599. The number of rotatable bonds is 8. The molecule has 0 bridgehead atoms. The second-order valence-corrected chi connectivity index (χ2v) is 8.98. The van der Waals surface area contributed by atoms with Crippen molar-refractivity contribution in [1.29, 1.82) is 0 Å². The maximum absolute atomic E-state index is 5.56. The zero-order valence-electron chi connectivity index (χ0n) is 18.5. The molecule has 1 unspecified atom stereocenters. The topological polar surface area (TPSA) is 28.6 Å². The summed E-state index contributed by atoms with van der Waals surface area (Å²) in [6, 6.07) is 14.8. The van der Waals surface area contributed by atoms with E-state index >= 15 is 0 Å². The number of nitrogens with zero attached hydrogens (tertiary/aromatic N) is 3.